The van der Waals surface area contributed by atoms with E-state index in [4.69, 9.17) is 14.2 Å². The first kappa shape index (κ1) is 25.2. The summed E-state index contributed by atoms with van der Waals surface area (Å²) >= 11 is 0. The van der Waals surface area contributed by atoms with Crippen molar-refractivity contribution in [3.8, 4) is 11.5 Å². The zero-order chi connectivity index (χ0) is 25.2. The zero-order valence-electron chi connectivity index (χ0n) is 19.8. The maximum Gasteiger partial charge on any atom is 0.258 e. The van der Waals surface area contributed by atoms with Crippen molar-refractivity contribution in [2.24, 2.45) is 0 Å². The lowest BCUT2D eigenvalue weighted by Crippen LogP contribution is -2.49. The van der Waals surface area contributed by atoms with Crippen molar-refractivity contribution in [3.05, 3.63) is 96.6 Å². The van der Waals surface area contributed by atoms with E-state index >= 15 is 0 Å². The summed E-state index contributed by atoms with van der Waals surface area (Å²) in [6.45, 7) is -0.0473. The number of aliphatic hydroxyl groups is 1. The van der Waals surface area contributed by atoms with Crippen LogP contribution < -0.4 is 20.1 Å². The largest absolute Gasteiger partial charge is 0.484 e. The van der Waals surface area contributed by atoms with Gasteiger partial charge in [-0.1, -0.05) is 66.7 Å². The Morgan fingerprint density at radius 1 is 0.806 bits per heavy atom. The number of hydrogen-bond donors (Lipinski definition) is 3. The van der Waals surface area contributed by atoms with Gasteiger partial charge in [-0.3, -0.25) is 9.59 Å². The van der Waals surface area contributed by atoms with Crippen LogP contribution in [-0.4, -0.2) is 61.0 Å². The summed E-state index contributed by atoms with van der Waals surface area (Å²) in [5.41, 5.74) is 0.967. The Morgan fingerprint density at radius 2 is 1.33 bits per heavy atom. The van der Waals surface area contributed by atoms with Crippen molar-refractivity contribution in [1.29, 1.82) is 0 Å². The summed E-state index contributed by atoms with van der Waals surface area (Å²) in [4.78, 5) is 24.7. The highest BCUT2D eigenvalue weighted by atomic mass is 16.6. The summed E-state index contributed by atoms with van der Waals surface area (Å²) in [5.74, 6) is 0.571. The number of benzene rings is 3. The molecular formula is C28H30N2O6. The second-order valence-corrected chi connectivity index (χ2v) is 8.50. The summed E-state index contributed by atoms with van der Waals surface area (Å²) in [5, 5.41) is 16.7. The van der Waals surface area contributed by atoms with Crippen LogP contribution in [0.15, 0.2) is 91.0 Å². The van der Waals surface area contributed by atoms with Crippen molar-refractivity contribution in [1.82, 2.24) is 10.6 Å². The number of aliphatic hydroxyl groups excluding tert-OH is 1. The molecule has 2 amide bonds. The summed E-state index contributed by atoms with van der Waals surface area (Å²) in [7, 11) is 0. The molecule has 0 saturated carbocycles. The second kappa shape index (κ2) is 12.7. The Morgan fingerprint density at radius 3 is 1.92 bits per heavy atom. The van der Waals surface area contributed by atoms with Crippen molar-refractivity contribution in [3.63, 3.8) is 0 Å². The monoisotopic (exact) mass is 490 g/mol. The lowest BCUT2D eigenvalue weighted by Gasteiger charge is -2.23. The molecule has 0 aliphatic carbocycles. The average Bonchev–Trinajstić information content (AvgIpc) is 3.70. The predicted octanol–water partition coefficient (Wildman–Crippen LogP) is 2.12. The van der Waals surface area contributed by atoms with E-state index in [2.05, 4.69) is 10.6 Å². The summed E-state index contributed by atoms with van der Waals surface area (Å²) < 4.78 is 16.6. The van der Waals surface area contributed by atoms with Crippen LogP contribution in [-0.2, 0) is 20.7 Å². The van der Waals surface area contributed by atoms with Gasteiger partial charge < -0.3 is 30.0 Å². The smallest absolute Gasteiger partial charge is 0.258 e. The molecular weight excluding hydrogens is 460 g/mol. The Labute approximate surface area is 210 Å². The number of ether oxygens (including phenoxy) is 3. The van der Waals surface area contributed by atoms with Crippen molar-refractivity contribution < 1.29 is 28.9 Å². The second-order valence-electron chi connectivity index (χ2n) is 8.50. The number of rotatable bonds is 13. The minimum absolute atomic E-state index is 0.113. The molecule has 1 saturated heterocycles. The Balaban J connectivity index is 1.26. The first-order valence-corrected chi connectivity index (χ1v) is 11.9. The molecule has 1 aliphatic heterocycles. The molecule has 8 heteroatoms. The quantitative estimate of drug-likeness (QED) is 0.317. The van der Waals surface area contributed by atoms with Crippen LogP contribution in [0.5, 0.6) is 11.5 Å². The van der Waals surface area contributed by atoms with Crippen LogP contribution in [0.1, 0.15) is 5.56 Å². The lowest BCUT2D eigenvalue weighted by molar-refractivity contribution is -0.125. The van der Waals surface area contributed by atoms with E-state index in [1.807, 2.05) is 66.7 Å². The van der Waals surface area contributed by atoms with Gasteiger partial charge in [0.2, 0.25) is 0 Å². The number of nitrogens with one attached hydrogen (secondary N) is 2. The number of carbonyl (C=O) groups excluding carboxylic acids is 2. The standard InChI is InChI=1S/C28H30N2O6/c31-25(18-34-21-12-6-2-7-13-21)29-17-24-28(36-24)27(33)23(16-20-10-4-1-5-11-20)30-26(32)19-35-22-14-8-3-9-15-22/h1-15,23-24,27-28,33H,16-19H2,(H,29,31)(H,30,32)/t23-,24+,27-,28-/m0/s1. The highest BCUT2D eigenvalue weighted by Crippen LogP contribution is 2.27. The predicted molar refractivity (Wildman–Crippen MR) is 134 cm³/mol. The molecule has 0 aromatic heterocycles. The third kappa shape index (κ3) is 7.83. The van der Waals surface area contributed by atoms with E-state index in [9.17, 15) is 14.7 Å². The van der Waals surface area contributed by atoms with Crippen LogP contribution in [0.25, 0.3) is 0 Å². The molecule has 4 rings (SSSR count). The number of para-hydroxylation sites is 2. The SMILES string of the molecule is O=C(COc1ccccc1)NC[C@H]1O[C@@H]1[C@@H](O)[C@H](Cc1ccccc1)NC(=O)COc1ccccc1. The van der Waals surface area contributed by atoms with Gasteiger partial charge in [-0.25, -0.2) is 0 Å². The van der Waals surface area contributed by atoms with Gasteiger partial charge in [0.25, 0.3) is 11.8 Å². The molecule has 1 heterocycles. The third-order valence-electron chi connectivity index (χ3n) is 5.74. The molecule has 0 unspecified atom stereocenters. The molecule has 0 bridgehead atoms. The molecule has 36 heavy (non-hydrogen) atoms. The number of hydrogen-bond acceptors (Lipinski definition) is 6. The van der Waals surface area contributed by atoms with Crippen LogP contribution in [0.4, 0.5) is 0 Å². The van der Waals surface area contributed by atoms with E-state index in [1.54, 1.807) is 24.3 Å². The fraction of sp³-hybridized carbons (Fsp3) is 0.286. The van der Waals surface area contributed by atoms with E-state index in [1.165, 1.54) is 0 Å². The molecule has 0 spiro atoms. The maximum absolute atomic E-state index is 12.6. The normalized spacial score (nSPS) is 17.9. The first-order chi connectivity index (χ1) is 17.6. The fourth-order valence-corrected chi connectivity index (χ4v) is 3.82. The first-order valence-electron chi connectivity index (χ1n) is 11.9. The minimum atomic E-state index is -0.964. The Hall–Kier alpha value is -3.88. The van der Waals surface area contributed by atoms with Gasteiger partial charge in [0.15, 0.2) is 13.2 Å². The van der Waals surface area contributed by atoms with E-state index in [0.717, 1.165) is 5.56 Å². The van der Waals surface area contributed by atoms with Gasteiger partial charge in [-0.05, 0) is 36.2 Å². The maximum atomic E-state index is 12.6. The van der Waals surface area contributed by atoms with Gasteiger partial charge in [0, 0.05) is 6.54 Å². The zero-order valence-corrected chi connectivity index (χ0v) is 19.8. The molecule has 3 aromatic carbocycles. The van der Waals surface area contributed by atoms with Gasteiger partial charge in [0.05, 0.1) is 6.04 Å². The van der Waals surface area contributed by atoms with Crippen molar-refractivity contribution in [2.45, 2.75) is 30.8 Å². The number of carbonyl (C=O) groups is 2. The molecule has 0 radical (unpaired) electrons. The van der Waals surface area contributed by atoms with Crippen LogP contribution >= 0.6 is 0 Å². The van der Waals surface area contributed by atoms with Crippen molar-refractivity contribution >= 4 is 11.8 Å². The van der Waals surface area contributed by atoms with Gasteiger partial charge >= 0.3 is 0 Å². The minimum Gasteiger partial charge on any atom is -0.484 e. The van der Waals surface area contributed by atoms with Gasteiger partial charge in [-0.15, -0.1) is 0 Å². The highest BCUT2D eigenvalue weighted by molar-refractivity contribution is 5.78. The number of epoxide rings is 1. The number of amides is 2. The highest BCUT2D eigenvalue weighted by Gasteiger charge is 2.47. The molecule has 3 aromatic rings. The Kier molecular flexibility index (Phi) is 8.91. The fourth-order valence-electron chi connectivity index (χ4n) is 3.82. The van der Waals surface area contributed by atoms with Crippen molar-refractivity contribution in [2.75, 3.05) is 19.8 Å². The molecule has 1 fully saturated rings. The molecule has 4 atom stereocenters. The molecule has 1 aliphatic rings. The van der Waals surface area contributed by atoms with Crippen LogP contribution in [0.3, 0.4) is 0 Å². The lowest BCUT2D eigenvalue weighted by atomic mass is 9.98. The Bertz CT molecular complexity index is 1100. The van der Waals surface area contributed by atoms with Crippen LogP contribution in [0, 0.1) is 0 Å². The summed E-state index contributed by atoms with van der Waals surface area (Å²) in [6.07, 6.45) is -1.41. The average molecular weight is 491 g/mol. The topological polar surface area (TPSA) is 109 Å². The van der Waals surface area contributed by atoms with E-state index < -0.39 is 18.2 Å². The van der Waals surface area contributed by atoms with Crippen LogP contribution in [0.2, 0.25) is 0 Å². The van der Waals surface area contributed by atoms with Gasteiger partial charge in [0.1, 0.15) is 29.8 Å². The molecule has 3 N–H and O–H groups in total. The van der Waals surface area contributed by atoms with E-state index in [0.29, 0.717) is 17.9 Å². The molecule has 188 valence electrons. The van der Waals surface area contributed by atoms with Gasteiger partial charge in [-0.2, -0.15) is 0 Å². The molecule has 8 nitrogen and oxygen atoms in total. The summed E-state index contributed by atoms with van der Waals surface area (Å²) in [6, 6.07) is 27.1. The van der Waals surface area contributed by atoms with E-state index in [-0.39, 0.29) is 37.7 Å². The third-order valence-corrected chi connectivity index (χ3v) is 5.74.